The van der Waals surface area contributed by atoms with Gasteiger partial charge in [0, 0.05) is 31.7 Å². The lowest BCUT2D eigenvalue weighted by Crippen LogP contribution is -2.41. The molecule has 2 aromatic heterocycles. The van der Waals surface area contributed by atoms with Gasteiger partial charge < -0.3 is 19.4 Å². The second-order valence-electron chi connectivity index (χ2n) is 6.93. The zero-order chi connectivity index (χ0) is 18.1. The van der Waals surface area contributed by atoms with E-state index in [1.165, 1.54) is 6.26 Å². The van der Waals surface area contributed by atoms with Crippen molar-refractivity contribution in [1.82, 2.24) is 15.2 Å². The number of rotatable bonds is 4. The number of hydrogen-bond acceptors (Lipinski definition) is 5. The van der Waals surface area contributed by atoms with Gasteiger partial charge in [-0.05, 0) is 31.5 Å². The van der Waals surface area contributed by atoms with Crippen LogP contribution in [0.15, 0.2) is 41.3 Å². The van der Waals surface area contributed by atoms with Gasteiger partial charge in [0.25, 0.3) is 5.91 Å². The molecule has 0 saturated carbocycles. The largest absolute Gasteiger partial charge is 0.492 e. The Balaban J connectivity index is 1.48. The summed E-state index contributed by atoms with van der Waals surface area (Å²) in [6, 6.07) is 5.34. The maximum absolute atomic E-state index is 12.8. The van der Waals surface area contributed by atoms with Crippen LogP contribution in [0.1, 0.15) is 22.5 Å². The number of amides is 2. The molecule has 136 valence electrons. The van der Waals surface area contributed by atoms with Gasteiger partial charge in [-0.2, -0.15) is 0 Å². The Labute approximate surface area is 151 Å². The van der Waals surface area contributed by atoms with Crippen molar-refractivity contribution in [2.45, 2.75) is 13.3 Å². The van der Waals surface area contributed by atoms with E-state index in [2.05, 4.69) is 10.3 Å². The minimum absolute atomic E-state index is 0.0107. The van der Waals surface area contributed by atoms with Crippen molar-refractivity contribution >= 4 is 11.8 Å². The molecule has 0 aliphatic carbocycles. The summed E-state index contributed by atoms with van der Waals surface area (Å²) < 4.78 is 11.1. The Bertz CT molecular complexity index is 819. The summed E-state index contributed by atoms with van der Waals surface area (Å²) in [6.07, 6.45) is 5.50. The molecule has 2 amide bonds. The van der Waals surface area contributed by atoms with Crippen LogP contribution in [0, 0.1) is 18.3 Å². The minimum atomic E-state index is -0.588. The molecule has 1 spiro atoms. The fourth-order valence-corrected chi connectivity index (χ4v) is 3.92. The van der Waals surface area contributed by atoms with E-state index in [4.69, 9.17) is 9.15 Å². The molecule has 0 radical (unpaired) electrons. The van der Waals surface area contributed by atoms with Gasteiger partial charge in [-0.1, -0.05) is 0 Å². The van der Waals surface area contributed by atoms with Crippen LogP contribution in [-0.4, -0.2) is 47.9 Å². The monoisotopic (exact) mass is 355 g/mol. The van der Waals surface area contributed by atoms with E-state index in [9.17, 15) is 9.59 Å². The average Bonchev–Trinajstić information content (AvgIpc) is 3.36. The molecule has 26 heavy (non-hydrogen) atoms. The highest BCUT2D eigenvalue weighted by Gasteiger charge is 2.55. The van der Waals surface area contributed by atoms with Crippen LogP contribution in [0.25, 0.3) is 0 Å². The number of carbonyl (C=O) groups excluding carboxylic acids is 2. The predicted octanol–water partition coefficient (Wildman–Crippen LogP) is 1.64. The highest BCUT2D eigenvalue weighted by Crippen LogP contribution is 2.42. The second kappa shape index (κ2) is 6.48. The molecule has 2 saturated heterocycles. The number of pyridine rings is 1. The lowest BCUT2D eigenvalue weighted by Gasteiger charge is -2.28. The molecule has 0 aromatic carbocycles. The Morgan fingerprint density at radius 1 is 1.50 bits per heavy atom. The average molecular weight is 355 g/mol. The van der Waals surface area contributed by atoms with Gasteiger partial charge in [-0.3, -0.25) is 14.6 Å². The first kappa shape index (κ1) is 16.6. The number of carbonyl (C=O) groups is 2. The molecule has 1 N–H and O–H groups in total. The molecule has 7 nitrogen and oxygen atoms in total. The first-order valence-corrected chi connectivity index (χ1v) is 8.75. The van der Waals surface area contributed by atoms with E-state index < -0.39 is 5.41 Å². The van der Waals surface area contributed by atoms with Gasteiger partial charge in [-0.15, -0.1) is 0 Å². The topological polar surface area (TPSA) is 84.7 Å². The summed E-state index contributed by atoms with van der Waals surface area (Å²) in [7, 11) is 0. The normalized spacial score (nSPS) is 24.9. The number of nitrogens with one attached hydrogen (secondary N) is 1. The number of ether oxygens (including phenoxy) is 1. The van der Waals surface area contributed by atoms with Crippen LogP contribution in [-0.2, 0) is 4.79 Å². The van der Waals surface area contributed by atoms with Crippen molar-refractivity contribution in [2.75, 3.05) is 26.2 Å². The van der Waals surface area contributed by atoms with Gasteiger partial charge in [-0.25, -0.2) is 0 Å². The standard InChI is InChI=1S/C19H21N3O4/c1-13-16(4-8-25-13)17(23)22-7-5-19(12-22)14(9-21-18(19)24)11-26-15-3-2-6-20-10-15/h2-4,6,8,10,14H,5,7,9,11-12H2,1H3,(H,21,24)/t14-,19+/m1/s1. The van der Waals surface area contributed by atoms with Crippen LogP contribution < -0.4 is 10.1 Å². The molecule has 0 unspecified atom stereocenters. The molecule has 2 fully saturated rings. The van der Waals surface area contributed by atoms with Crippen molar-refractivity contribution in [1.29, 1.82) is 0 Å². The van der Waals surface area contributed by atoms with E-state index in [1.54, 1.807) is 30.3 Å². The van der Waals surface area contributed by atoms with Gasteiger partial charge in [0.2, 0.25) is 5.91 Å². The first-order valence-electron chi connectivity index (χ1n) is 8.75. The Morgan fingerprint density at radius 3 is 3.12 bits per heavy atom. The first-order chi connectivity index (χ1) is 12.6. The van der Waals surface area contributed by atoms with Crippen LogP contribution in [0.5, 0.6) is 5.75 Å². The van der Waals surface area contributed by atoms with E-state index in [-0.39, 0.29) is 17.7 Å². The third kappa shape index (κ3) is 2.73. The summed E-state index contributed by atoms with van der Waals surface area (Å²) >= 11 is 0. The van der Waals surface area contributed by atoms with Gasteiger partial charge in [0.15, 0.2) is 0 Å². The zero-order valence-corrected chi connectivity index (χ0v) is 14.6. The van der Waals surface area contributed by atoms with E-state index >= 15 is 0 Å². The van der Waals surface area contributed by atoms with Gasteiger partial charge in [0.05, 0.1) is 30.0 Å². The van der Waals surface area contributed by atoms with Crippen molar-refractivity contribution in [3.8, 4) is 5.75 Å². The molecule has 7 heteroatoms. The molecule has 2 atom stereocenters. The number of hydrogen-bond donors (Lipinski definition) is 1. The third-order valence-electron chi connectivity index (χ3n) is 5.51. The zero-order valence-electron chi connectivity index (χ0n) is 14.6. The molecule has 0 bridgehead atoms. The van der Waals surface area contributed by atoms with E-state index in [1.807, 2.05) is 12.1 Å². The second-order valence-corrected chi connectivity index (χ2v) is 6.93. The molecule has 2 aromatic rings. The summed E-state index contributed by atoms with van der Waals surface area (Å²) in [5.41, 5.74) is -0.0289. The molecule has 2 aliphatic rings. The lowest BCUT2D eigenvalue weighted by atomic mass is 9.77. The fourth-order valence-electron chi connectivity index (χ4n) is 3.92. The predicted molar refractivity (Wildman–Crippen MR) is 92.6 cm³/mol. The molecular formula is C19H21N3O4. The lowest BCUT2D eigenvalue weighted by molar-refractivity contribution is -0.128. The molecule has 4 heterocycles. The van der Waals surface area contributed by atoms with Crippen molar-refractivity contribution in [2.24, 2.45) is 11.3 Å². The minimum Gasteiger partial charge on any atom is -0.492 e. The summed E-state index contributed by atoms with van der Waals surface area (Å²) in [5, 5.41) is 2.95. The third-order valence-corrected chi connectivity index (χ3v) is 5.51. The Morgan fingerprint density at radius 2 is 2.38 bits per heavy atom. The highest BCUT2D eigenvalue weighted by molar-refractivity contribution is 5.96. The fraction of sp³-hybridized carbons (Fsp3) is 0.421. The van der Waals surface area contributed by atoms with Crippen LogP contribution in [0.3, 0.4) is 0 Å². The van der Waals surface area contributed by atoms with Gasteiger partial charge >= 0.3 is 0 Å². The van der Waals surface area contributed by atoms with E-state index in [0.29, 0.717) is 49.7 Å². The summed E-state index contributed by atoms with van der Waals surface area (Å²) in [6.45, 7) is 3.71. The summed E-state index contributed by atoms with van der Waals surface area (Å²) in [4.78, 5) is 31.1. The maximum Gasteiger partial charge on any atom is 0.257 e. The van der Waals surface area contributed by atoms with E-state index in [0.717, 1.165) is 0 Å². The van der Waals surface area contributed by atoms with Crippen LogP contribution in [0.2, 0.25) is 0 Å². The number of furan rings is 1. The van der Waals surface area contributed by atoms with Crippen LogP contribution >= 0.6 is 0 Å². The SMILES string of the molecule is Cc1occc1C(=O)N1CC[C@@]2(C1)C(=O)NC[C@@H]2COc1cccnc1. The Kier molecular flexibility index (Phi) is 4.14. The van der Waals surface area contributed by atoms with Crippen molar-refractivity contribution in [3.05, 3.63) is 48.2 Å². The number of aromatic nitrogens is 1. The Hall–Kier alpha value is -2.83. The van der Waals surface area contributed by atoms with Crippen molar-refractivity contribution in [3.63, 3.8) is 0 Å². The quantitative estimate of drug-likeness (QED) is 0.901. The highest BCUT2D eigenvalue weighted by atomic mass is 16.5. The van der Waals surface area contributed by atoms with Gasteiger partial charge in [0.1, 0.15) is 11.5 Å². The smallest absolute Gasteiger partial charge is 0.257 e. The molecule has 2 aliphatic heterocycles. The molecular weight excluding hydrogens is 334 g/mol. The summed E-state index contributed by atoms with van der Waals surface area (Å²) in [5.74, 6) is 1.22. The maximum atomic E-state index is 12.8. The number of likely N-dealkylation sites (tertiary alicyclic amines) is 1. The number of nitrogens with zero attached hydrogens (tertiary/aromatic N) is 2. The van der Waals surface area contributed by atoms with Crippen LogP contribution in [0.4, 0.5) is 0 Å². The van der Waals surface area contributed by atoms with Crippen molar-refractivity contribution < 1.29 is 18.7 Å². The molecule has 4 rings (SSSR count). The number of aryl methyl sites for hydroxylation is 1.